The van der Waals surface area contributed by atoms with E-state index in [0.717, 1.165) is 6.21 Å². The van der Waals surface area contributed by atoms with Gasteiger partial charge in [-0.3, -0.25) is 14.6 Å². The second-order valence-electron chi connectivity index (χ2n) is 3.01. The van der Waals surface area contributed by atoms with Gasteiger partial charge in [-0.25, -0.2) is 0 Å². The van der Waals surface area contributed by atoms with Crippen molar-refractivity contribution in [2.75, 3.05) is 6.54 Å². The van der Waals surface area contributed by atoms with E-state index in [1.165, 1.54) is 0 Å². The maximum Gasteiger partial charge on any atom is 0.184 e. The van der Waals surface area contributed by atoms with Crippen LogP contribution in [0.1, 0.15) is 10.4 Å². The van der Waals surface area contributed by atoms with Gasteiger partial charge in [-0.15, -0.1) is 0 Å². The Kier molecular flexibility index (Phi) is 4.66. The highest BCUT2D eigenvalue weighted by Gasteiger charge is 2.02. The average molecular weight is 217 g/mol. The Hall–Kier alpha value is -2.23. The molecule has 0 bridgehead atoms. The van der Waals surface area contributed by atoms with Gasteiger partial charge in [-0.2, -0.15) is 0 Å². The van der Waals surface area contributed by atoms with Crippen LogP contribution in [-0.4, -0.2) is 29.9 Å². The van der Waals surface area contributed by atoms with Crippen molar-refractivity contribution in [2.45, 2.75) is 0 Å². The van der Waals surface area contributed by atoms with Crippen LogP contribution < -0.4 is 0 Å². The highest BCUT2D eigenvalue weighted by atomic mass is 16.2. The number of aldehydes is 1. The van der Waals surface area contributed by atoms with Crippen LogP contribution in [0.4, 0.5) is 0 Å². The molecule has 0 atom stereocenters. The zero-order valence-electron chi connectivity index (χ0n) is 8.54. The van der Waals surface area contributed by atoms with E-state index in [2.05, 4.69) is 4.99 Å². The maximum atomic E-state index is 11.5. The number of allylic oxidation sites excluding steroid dienone is 1. The second kappa shape index (κ2) is 6.29. The zero-order valence-corrected chi connectivity index (χ0v) is 8.54. The number of benzene rings is 1. The van der Waals surface area contributed by atoms with E-state index in [1.807, 2.05) is 6.07 Å². The zero-order chi connectivity index (χ0) is 11.8. The summed E-state index contributed by atoms with van der Waals surface area (Å²) in [6.07, 6.45) is 2.26. The number of carbonyl (C=O) groups excluding carboxylic acids is 2. The molecule has 4 nitrogen and oxygen atoms in total. The van der Waals surface area contributed by atoms with Crippen LogP contribution >= 0.6 is 0 Å². The number of aliphatic hydroxyl groups is 1. The van der Waals surface area contributed by atoms with Gasteiger partial charge in [-0.05, 0) is 0 Å². The number of aliphatic imine (C=N–C) groups is 1. The predicted octanol–water partition coefficient (Wildman–Crippen LogP) is 1.58. The van der Waals surface area contributed by atoms with Gasteiger partial charge in [-0.1, -0.05) is 30.3 Å². The summed E-state index contributed by atoms with van der Waals surface area (Å²) >= 11 is 0. The summed E-state index contributed by atoms with van der Waals surface area (Å²) in [4.78, 5) is 25.6. The van der Waals surface area contributed by atoms with Crippen molar-refractivity contribution in [3.05, 3.63) is 47.7 Å². The molecule has 0 fully saturated rings. The first-order valence-corrected chi connectivity index (χ1v) is 4.65. The van der Waals surface area contributed by atoms with E-state index >= 15 is 0 Å². The highest BCUT2D eigenvalue weighted by Crippen LogP contribution is 1.99. The fourth-order valence-corrected chi connectivity index (χ4v) is 1.04. The Morgan fingerprint density at radius 1 is 1.31 bits per heavy atom. The van der Waals surface area contributed by atoms with Crippen molar-refractivity contribution in [1.82, 2.24) is 0 Å². The Balaban J connectivity index is 2.57. The molecule has 0 aliphatic heterocycles. The lowest BCUT2D eigenvalue weighted by atomic mass is 10.1. The average Bonchev–Trinajstić information content (AvgIpc) is 2.35. The summed E-state index contributed by atoms with van der Waals surface area (Å²) in [6.45, 7) is -0.0464. The number of ketones is 1. The number of hydrogen-bond donors (Lipinski definition) is 1. The third-order valence-electron chi connectivity index (χ3n) is 1.86. The Labute approximate surface area is 92.9 Å². The molecule has 1 N–H and O–H groups in total. The summed E-state index contributed by atoms with van der Waals surface area (Å²) in [5, 5.41) is 8.54. The van der Waals surface area contributed by atoms with Crippen molar-refractivity contribution in [3.63, 3.8) is 0 Å². The molecule has 4 heteroatoms. The fraction of sp³-hybridized carbons (Fsp3) is 0.0833. The quantitative estimate of drug-likeness (QED) is 0.268. The molecule has 0 heterocycles. The minimum Gasteiger partial charge on any atom is -0.515 e. The molecule has 0 saturated carbocycles. The number of rotatable bonds is 5. The molecule has 0 saturated heterocycles. The molecule has 0 aliphatic rings. The smallest absolute Gasteiger partial charge is 0.184 e. The van der Waals surface area contributed by atoms with E-state index in [-0.39, 0.29) is 17.9 Å². The molecule has 0 aromatic heterocycles. The Morgan fingerprint density at radius 2 is 2.00 bits per heavy atom. The molecule has 0 radical (unpaired) electrons. The van der Waals surface area contributed by atoms with Crippen molar-refractivity contribution in [3.8, 4) is 0 Å². The van der Waals surface area contributed by atoms with Crippen molar-refractivity contribution in [1.29, 1.82) is 0 Å². The molecule has 1 aromatic carbocycles. The SMILES string of the molecule is O=C/C(C=NCC(=O)c1ccccc1)=C\O. The lowest BCUT2D eigenvalue weighted by molar-refractivity contribution is -0.104. The lowest BCUT2D eigenvalue weighted by Crippen LogP contribution is -2.03. The number of nitrogens with zero attached hydrogens (tertiary/aromatic N) is 1. The first kappa shape index (κ1) is 11.8. The molecule has 16 heavy (non-hydrogen) atoms. The molecule has 1 aromatic rings. The number of aliphatic hydroxyl groups excluding tert-OH is 1. The van der Waals surface area contributed by atoms with E-state index < -0.39 is 0 Å². The topological polar surface area (TPSA) is 66.7 Å². The molecular formula is C12H11NO3. The lowest BCUT2D eigenvalue weighted by Gasteiger charge is -1.95. The number of Topliss-reactive ketones (excluding diaryl/α,β-unsaturated/α-hetero) is 1. The van der Waals surface area contributed by atoms with Crippen molar-refractivity contribution in [2.24, 2.45) is 4.99 Å². The largest absolute Gasteiger partial charge is 0.515 e. The third-order valence-corrected chi connectivity index (χ3v) is 1.86. The summed E-state index contributed by atoms with van der Waals surface area (Å²) in [5.41, 5.74) is 0.598. The summed E-state index contributed by atoms with van der Waals surface area (Å²) < 4.78 is 0. The van der Waals surface area contributed by atoms with Crippen molar-refractivity contribution < 1.29 is 14.7 Å². The fourth-order valence-electron chi connectivity index (χ4n) is 1.04. The third kappa shape index (κ3) is 3.49. The molecule has 82 valence electrons. The standard InChI is InChI=1S/C12H11NO3/c14-8-10(9-15)6-13-7-12(16)11-4-2-1-3-5-11/h1-6,8-9,14H,7H2/b10-8-,13-6?. The van der Waals surface area contributed by atoms with Crippen LogP contribution in [0.5, 0.6) is 0 Å². The van der Waals surface area contributed by atoms with Crippen LogP contribution in [0.15, 0.2) is 47.2 Å². The first-order chi connectivity index (χ1) is 7.77. The normalized spacial score (nSPS) is 11.6. The molecular weight excluding hydrogens is 206 g/mol. The molecule has 0 amide bonds. The van der Waals surface area contributed by atoms with Crippen LogP contribution in [0.3, 0.4) is 0 Å². The molecule has 0 aliphatic carbocycles. The van der Waals surface area contributed by atoms with Crippen LogP contribution in [0, 0.1) is 0 Å². The number of hydrogen-bond acceptors (Lipinski definition) is 4. The molecule has 1 rings (SSSR count). The van der Waals surface area contributed by atoms with Gasteiger partial charge in [0.15, 0.2) is 12.1 Å². The monoisotopic (exact) mass is 217 g/mol. The highest BCUT2D eigenvalue weighted by molar-refractivity contribution is 6.03. The van der Waals surface area contributed by atoms with Gasteiger partial charge >= 0.3 is 0 Å². The second-order valence-corrected chi connectivity index (χ2v) is 3.01. The van der Waals surface area contributed by atoms with E-state index in [9.17, 15) is 9.59 Å². The van der Waals surface area contributed by atoms with Gasteiger partial charge in [0.05, 0.1) is 11.8 Å². The summed E-state index contributed by atoms with van der Waals surface area (Å²) in [5.74, 6) is -0.139. The van der Waals surface area contributed by atoms with E-state index in [1.54, 1.807) is 24.3 Å². The Bertz CT molecular complexity index is 421. The Morgan fingerprint density at radius 3 is 2.56 bits per heavy atom. The van der Waals surface area contributed by atoms with Gasteiger partial charge in [0.1, 0.15) is 6.54 Å². The summed E-state index contributed by atoms with van der Waals surface area (Å²) in [6, 6.07) is 8.74. The minimum absolute atomic E-state index is 0.0286. The van der Waals surface area contributed by atoms with E-state index in [0.29, 0.717) is 18.1 Å². The van der Waals surface area contributed by atoms with Crippen LogP contribution in [0.2, 0.25) is 0 Å². The van der Waals surface area contributed by atoms with Gasteiger partial charge in [0.25, 0.3) is 0 Å². The summed E-state index contributed by atoms with van der Waals surface area (Å²) in [7, 11) is 0. The minimum atomic E-state index is -0.139. The maximum absolute atomic E-state index is 11.5. The first-order valence-electron chi connectivity index (χ1n) is 4.65. The molecule has 0 spiro atoms. The van der Waals surface area contributed by atoms with Gasteiger partial charge < -0.3 is 5.11 Å². The van der Waals surface area contributed by atoms with E-state index in [4.69, 9.17) is 5.11 Å². The van der Waals surface area contributed by atoms with Gasteiger partial charge in [0.2, 0.25) is 0 Å². The molecule has 0 unspecified atom stereocenters. The van der Waals surface area contributed by atoms with Gasteiger partial charge in [0, 0.05) is 11.8 Å². The van der Waals surface area contributed by atoms with Crippen LogP contribution in [0.25, 0.3) is 0 Å². The van der Waals surface area contributed by atoms with Crippen LogP contribution in [-0.2, 0) is 4.79 Å². The van der Waals surface area contributed by atoms with Crippen molar-refractivity contribution >= 4 is 18.3 Å². The number of carbonyl (C=O) groups is 2. The predicted molar refractivity (Wildman–Crippen MR) is 60.9 cm³/mol.